The summed E-state index contributed by atoms with van der Waals surface area (Å²) in [6.45, 7) is 2.91. The Morgan fingerprint density at radius 1 is 1.44 bits per heavy atom. The number of aliphatic hydroxyl groups excluding tert-OH is 1. The fraction of sp³-hybridized carbons (Fsp3) is 0.769. The van der Waals surface area contributed by atoms with E-state index in [0.29, 0.717) is 12.0 Å². The molecule has 1 aliphatic rings. The lowest BCUT2D eigenvalue weighted by Crippen LogP contribution is -2.40. The molecule has 1 fully saturated rings. The van der Waals surface area contributed by atoms with Crippen molar-refractivity contribution in [1.82, 2.24) is 15.1 Å². The molecule has 2 rings (SSSR count). The van der Waals surface area contributed by atoms with E-state index in [9.17, 15) is 5.11 Å². The number of aryl methyl sites for hydroxylation is 2. The van der Waals surface area contributed by atoms with E-state index >= 15 is 0 Å². The van der Waals surface area contributed by atoms with Crippen LogP contribution in [0.3, 0.4) is 0 Å². The van der Waals surface area contributed by atoms with Crippen LogP contribution in [-0.4, -0.2) is 27.5 Å². The van der Waals surface area contributed by atoms with E-state index in [4.69, 9.17) is 11.6 Å². The summed E-state index contributed by atoms with van der Waals surface area (Å²) >= 11 is 6.23. The zero-order valence-electron chi connectivity index (χ0n) is 11.1. The molecule has 102 valence electrons. The average Bonchev–Trinajstić information content (AvgIpc) is 2.62. The van der Waals surface area contributed by atoms with Gasteiger partial charge in [-0.2, -0.15) is 5.10 Å². The largest absolute Gasteiger partial charge is 0.396 e. The number of hydrogen-bond acceptors (Lipinski definition) is 3. The van der Waals surface area contributed by atoms with E-state index in [-0.39, 0.29) is 6.61 Å². The van der Waals surface area contributed by atoms with E-state index in [1.165, 1.54) is 12.8 Å². The van der Waals surface area contributed by atoms with Gasteiger partial charge in [0.1, 0.15) is 0 Å². The molecule has 1 aliphatic carbocycles. The maximum absolute atomic E-state index is 9.39. The molecule has 0 saturated heterocycles. The minimum absolute atomic E-state index is 0.274. The van der Waals surface area contributed by atoms with Crippen LogP contribution in [0.5, 0.6) is 0 Å². The van der Waals surface area contributed by atoms with Crippen molar-refractivity contribution in [3.63, 3.8) is 0 Å². The van der Waals surface area contributed by atoms with Gasteiger partial charge in [0.2, 0.25) is 0 Å². The number of aliphatic hydroxyl groups is 1. The van der Waals surface area contributed by atoms with Crippen molar-refractivity contribution in [3.8, 4) is 0 Å². The molecule has 0 amide bonds. The number of nitrogens with zero attached hydrogens (tertiary/aromatic N) is 2. The van der Waals surface area contributed by atoms with Gasteiger partial charge in [-0.25, -0.2) is 0 Å². The highest BCUT2D eigenvalue weighted by molar-refractivity contribution is 6.31. The predicted molar refractivity (Wildman–Crippen MR) is 72.6 cm³/mol. The monoisotopic (exact) mass is 271 g/mol. The summed E-state index contributed by atoms with van der Waals surface area (Å²) < 4.78 is 1.83. The van der Waals surface area contributed by atoms with Gasteiger partial charge in [-0.05, 0) is 25.7 Å². The van der Waals surface area contributed by atoms with Gasteiger partial charge in [0, 0.05) is 26.2 Å². The van der Waals surface area contributed by atoms with Crippen LogP contribution in [0.1, 0.15) is 37.1 Å². The highest BCUT2D eigenvalue weighted by Gasteiger charge is 2.24. The third-order valence-electron chi connectivity index (χ3n) is 3.94. The van der Waals surface area contributed by atoms with Gasteiger partial charge in [0.15, 0.2) is 0 Å². The van der Waals surface area contributed by atoms with Gasteiger partial charge in [-0.3, -0.25) is 4.68 Å². The molecule has 4 nitrogen and oxygen atoms in total. The topological polar surface area (TPSA) is 50.1 Å². The Balaban J connectivity index is 1.98. The fourth-order valence-corrected chi connectivity index (χ4v) is 3.02. The third-order valence-corrected chi connectivity index (χ3v) is 4.43. The molecule has 2 N–H and O–H groups in total. The predicted octanol–water partition coefficient (Wildman–Crippen LogP) is 2.02. The van der Waals surface area contributed by atoms with Gasteiger partial charge in [0.05, 0.1) is 16.4 Å². The first-order valence-electron chi connectivity index (χ1n) is 6.65. The number of hydrogen-bond donors (Lipinski definition) is 2. The summed E-state index contributed by atoms with van der Waals surface area (Å²) in [7, 11) is 1.92. The van der Waals surface area contributed by atoms with Crippen molar-refractivity contribution >= 4 is 11.6 Å². The van der Waals surface area contributed by atoms with Crippen molar-refractivity contribution in [3.05, 3.63) is 16.4 Å². The van der Waals surface area contributed by atoms with Crippen LogP contribution in [0, 0.1) is 12.8 Å². The second kappa shape index (κ2) is 6.04. The molecule has 0 aromatic carbocycles. The molecule has 2 atom stereocenters. The molecule has 5 heteroatoms. The highest BCUT2D eigenvalue weighted by atomic mass is 35.5. The van der Waals surface area contributed by atoms with Crippen LogP contribution in [0.25, 0.3) is 0 Å². The lowest BCUT2D eigenvalue weighted by molar-refractivity contribution is 0.152. The minimum Gasteiger partial charge on any atom is -0.396 e. The zero-order valence-corrected chi connectivity index (χ0v) is 11.9. The molecule has 2 unspecified atom stereocenters. The Bertz CT molecular complexity index is 405. The maximum atomic E-state index is 9.39. The molecule has 1 aromatic rings. The summed E-state index contributed by atoms with van der Waals surface area (Å²) in [5.41, 5.74) is 1.90. The van der Waals surface area contributed by atoms with Gasteiger partial charge >= 0.3 is 0 Å². The van der Waals surface area contributed by atoms with E-state index in [2.05, 4.69) is 10.4 Å². The van der Waals surface area contributed by atoms with Crippen LogP contribution in [0.2, 0.25) is 5.02 Å². The van der Waals surface area contributed by atoms with Crippen molar-refractivity contribution < 1.29 is 5.11 Å². The van der Waals surface area contributed by atoms with Gasteiger partial charge < -0.3 is 10.4 Å². The van der Waals surface area contributed by atoms with Gasteiger partial charge in [-0.1, -0.05) is 24.4 Å². The number of nitrogens with one attached hydrogen (secondary N) is 1. The Morgan fingerprint density at radius 2 is 2.17 bits per heavy atom. The minimum atomic E-state index is 0.274. The lowest BCUT2D eigenvalue weighted by Gasteiger charge is -2.31. The Labute approximate surface area is 113 Å². The smallest absolute Gasteiger partial charge is 0.0860 e. The summed E-state index contributed by atoms with van der Waals surface area (Å²) in [6, 6.07) is 0.398. The van der Waals surface area contributed by atoms with Crippen LogP contribution < -0.4 is 5.32 Å². The SMILES string of the molecule is Cc1nn(C)c(CNC2CCCCC2CO)c1Cl. The Kier molecular flexibility index (Phi) is 4.65. The fourth-order valence-electron chi connectivity index (χ4n) is 2.79. The first kappa shape index (κ1) is 13.8. The highest BCUT2D eigenvalue weighted by Crippen LogP contribution is 2.25. The number of rotatable bonds is 4. The number of aromatic nitrogens is 2. The average molecular weight is 272 g/mol. The van der Waals surface area contributed by atoms with E-state index in [1.54, 1.807) is 0 Å². The second-order valence-electron chi connectivity index (χ2n) is 5.18. The summed E-state index contributed by atoms with van der Waals surface area (Å²) in [5.74, 6) is 0.381. The van der Waals surface area contributed by atoms with Crippen molar-refractivity contribution in [2.24, 2.45) is 13.0 Å². The van der Waals surface area contributed by atoms with Crippen LogP contribution in [-0.2, 0) is 13.6 Å². The maximum Gasteiger partial charge on any atom is 0.0860 e. The van der Waals surface area contributed by atoms with E-state index in [1.807, 2.05) is 18.7 Å². The van der Waals surface area contributed by atoms with Crippen LogP contribution >= 0.6 is 11.6 Å². The zero-order chi connectivity index (χ0) is 13.1. The first-order chi connectivity index (χ1) is 8.63. The van der Waals surface area contributed by atoms with Gasteiger partial charge in [-0.15, -0.1) is 0 Å². The summed E-state index contributed by atoms with van der Waals surface area (Å²) in [5, 5.41) is 18.0. The van der Waals surface area contributed by atoms with Crippen molar-refractivity contribution in [2.75, 3.05) is 6.61 Å². The van der Waals surface area contributed by atoms with Crippen LogP contribution in [0.15, 0.2) is 0 Å². The lowest BCUT2D eigenvalue weighted by atomic mass is 9.85. The third kappa shape index (κ3) is 2.87. The van der Waals surface area contributed by atoms with E-state index < -0.39 is 0 Å². The first-order valence-corrected chi connectivity index (χ1v) is 7.03. The molecule has 1 saturated carbocycles. The summed E-state index contributed by atoms with van der Waals surface area (Å²) in [6.07, 6.45) is 4.73. The standard InChI is InChI=1S/C13H22ClN3O/c1-9-13(14)12(17(2)16-9)7-15-11-6-4-3-5-10(11)8-18/h10-11,15,18H,3-8H2,1-2H3. The molecule has 0 bridgehead atoms. The second-order valence-corrected chi connectivity index (χ2v) is 5.56. The molecule has 1 heterocycles. The normalized spacial score (nSPS) is 24.4. The molecule has 0 spiro atoms. The number of halogens is 1. The van der Waals surface area contributed by atoms with E-state index in [0.717, 1.165) is 35.8 Å². The molecular weight excluding hydrogens is 250 g/mol. The quantitative estimate of drug-likeness (QED) is 0.881. The Hall–Kier alpha value is -0.580. The van der Waals surface area contributed by atoms with Crippen molar-refractivity contribution in [1.29, 1.82) is 0 Å². The van der Waals surface area contributed by atoms with Gasteiger partial charge in [0.25, 0.3) is 0 Å². The molecule has 18 heavy (non-hydrogen) atoms. The molecule has 0 radical (unpaired) electrons. The molecular formula is C13H22ClN3O. The molecule has 1 aromatic heterocycles. The van der Waals surface area contributed by atoms with Crippen molar-refractivity contribution in [2.45, 2.75) is 45.2 Å². The molecule has 0 aliphatic heterocycles. The Morgan fingerprint density at radius 3 is 2.78 bits per heavy atom. The van der Waals surface area contributed by atoms with Crippen LogP contribution in [0.4, 0.5) is 0 Å². The summed E-state index contributed by atoms with van der Waals surface area (Å²) in [4.78, 5) is 0.